The Balaban J connectivity index is 1.51. The van der Waals surface area contributed by atoms with Gasteiger partial charge < -0.3 is 18.9 Å². The van der Waals surface area contributed by atoms with Crippen molar-refractivity contribution in [1.29, 1.82) is 0 Å². The molecule has 4 rings (SSSR count). The van der Waals surface area contributed by atoms with Gasteiger partial charge in [-0.15, -0.1) is 0 Å². The van der Waals surface area contributed by atoms with E-state index in [0.29, 0.717) is 47.8 Å². The molecule has 1 atom stereocenters. The van der Waals surface area contributed by atoms with Crippen LogP contribution in [-0.4, -0.2) is 48.3 Å². The third kappa shape index (κ3) is 4.33. The molecule has 32 heavy (non-hydrogen) atoms. The number of carbonyl (C=O) groups excluding carboxylic acids is 1. The van der Waals surface area contributed by atoms with E-state index in [1.807, 2.05) is 17.0 Å². The second-order valence-corrected chi connectivity index (χ2v) is 8.36. The second kappa shape index (κ2) is 9.42. The van der Waals surface area contributed by atoms with Crippen molar-refractivity contribution in [1.82, 2.24) is 15.0 Å². The van der Waals surface area contributed by atoms with Gasteiger partial charge in [0.05, 0.1) is 25.7 Å². The summed E-state index contributed by atoms with van der Waals surface area (Å²) in [6, 6.07) is 13.6. The number of likely N-dealkylation sites (tertiary alicyclic amines) is 1. The predicted molar refractivity (Wildman–Crippen MR) is 121 cm³/mol. The molecule has 7 heteroatoms. The van der Waals surface area contributed by atoms with Crippen molar-refractivity contribution in [3.8, 4) is 22.9 Å². The Hall–Kier alpha value is -3.35. The van der Waals surface area contributed by atoms with Gasteiger partial charge in [-0.25, -0.2) is 0 Å². The largest absolute Gasteiger partial charge is 0.493 e. The van der Waals surface area contributed by atoms with Crippen LogP contribution in [0, 0.1) is 0 Å². The van der Waals surface area contributed by atoms with Gasteiger partial charge in [-0.05, 0) is 36.5 Å². The zero-order valence-corrected chi connectivity index (χ0v) is 19.0. The van der Waals surface area contributed by atoms with Crippen LogP contribution >= 0.6 is 0 Å². The number of amides is 1. The first-order valence-electron chi connectivity index (χ1n) is 11.0. The molecule has 1 aromatic heterocycles. The van der Waals surface area contributed by atoms with Crippen LogP contribution in [-0.2, 0) is 0 Å². The molecule has 1 aliphatic heterocycles. The average molecular weight is 436 g/mol. The van der Waals surface area contributed by atoms with Gasteiger partial charge in [0.15, 0.2) is 11.5 Å². The molecular weight excluding hydrogens is 406 g/mol. The van der Waals surface area contributed by atoms with Crippen LogP contribution in [0.25, 0.3) is 11.4 Å². The minimum Gasteiger partial charge on any atom is -0.493 e. The molecule has 1 aliphatic rings. The Morgan fingerprint density at radius 2 is 1.91 bits per heavy atom. The van der Waals surface area contributed by atoms with Gasteiger partial charge in [-0.2, -0.15) is 4.98 Å². The highest BCUT2D eigenvalue weighted by Crippen LogP contribution is 2.34. The van der Waals surface area contributed by atoms with E-state index in [1.54, 1.807) is 32.4 Å². The monoisotopic (exact) mass is 435 g/mol. The summed E-state index contributed by atoms with van der Waals surface area (Å²) in [4.78, 5) is 19.7. The van der Waals surface area contributed by atoms with Gasteiger partial charge >= 0.3 is 0 Å². The van der Waals surface area contributed by atoms with Gasteiger partial charge in [0.25, 0.3) is 5.91 Å². The molecule has 2 aromatic carbocycles. The molecule has 1 fully saturated rings. The van der Waals surface area contributed by atoms with Crippen LogP contribution < -0.4 is 9.47 Å². The highest BCUT2D eigenvalue weighted by molar-refractivity contribution is 5.98. The quantitative estimate of drug-likeness (QED) is 0.548. The second-order valence-electron chi connectivity index (χ2n) is 8.36. The molecule has 0 unspecified atom stereocenters. The highest BCUT2D eigenvalue weighted by atomic mass is 16.5. The number of para-hydroxylation sites is 1. The lowest BCUT2D eigenvalue weighted by atomic mass is 9.97. The van der Waals surface area contributed by atoms with Crippen LogP contribution in [0.3, 0.4) is 0 Å². The summed E-state index contributed by atoms with van der Waals surface area (Å²) in [6.07, 6.45) is 1.76. The van der Waals surface area contributed by atoms with Crippen LogP contribution in [0.15, 0.2) is 47.0 Å². The van der Waals surface area contributed by atoms with Crippen molar-refractivity contribution >= 4 is 5.91 Å². The normalized spacial score (nSPS) is 16.3. The van der Waals surface area contributed by atoms with E-state index in [2.05, 4.69) is 36.1 Å². The maximum absolute atomic E-state index is 13.3. The zero-order valence-electron chi connectivity index (χ0n) is 19.0. The maximum atomic E-state index is 13.3. The van der Waals surface area contributed by atoms with Crippen LogP contribution in [0.5, 0.6) is 11.5 Å². The number of hydrogen-bond donors (Lipinski definition) is 0. The third-order valence-corrected chi connectivity index (χ3v) is 5.97. The van der Waals surface area contributed by atoms with Crippen molar-refractivity contribution in [2.75, 3.05) is 27.3 Å². The number of aromatic nitrogens is 2. The van der Waals surface area contributed by atoms with Crippen molar-refractivity contribution in [2.45, 2.75) is 38.5 Å². The summed E-state index contributed by atoms with van der Waals surface area (Å²) in [5.74, 6) is 2.52. The van der Waals surface area contributed by atoms with Crippen molar-refractivity contribution in [2.24, 2.45) is 0 Å². The minimum atomic E-state index is -0.0885. The number of methoxy groups -OCH3 is 2. The lowest BCUT2D eigenvalue weighted by molar-refractivity contribution is 0.0691. The van der Waals surface area contributed by atoms with Gasteiger partial charge in [0, 0.05) is 18.7 Å². The zero-order chi connectivity index (χ0) is 22.7. The summed E-state index contributed by atoms with van der Waals surface area (Å²) in [5, 5.41) is 4.19. The molecule has 0 bridgehead atoms. The molecule has 0 aliphatic carbocycles. The molecule has 0 N–H and O–H groups in total. The van der Waals surface area contributed by atoms with Crippen molar-refractivity contribution < 1.29 is 18.8 Å². The Kier molecular flexibility index (Phi) is 6.44. The number of hydrogen-bond acceptors (Lipinski definition) is 6. The first-order chi connectivity index (χ1) is 15.5. The number of carbonyl (C=O) groups is 1. The summed E-state index contributed by atoms with van der Waals surface area (Å²) < 4.78 is 16.4. The highest BCUT2D eigenvalue weighted by Gasteiger charge is 2.31. The number of rotatable bonds is 6. The van der Waals surface area contributed by atoms with E-state index in [-0.39, 0.29) is 11.8 Å². The van der Waals surface area contributed by atoms with E-state index in [1.165, 1.54) is 5.56 Å². The Labute approximate surface area is 188 Å². The standard InChI is InChI=1S/C25H29N3O4/c1-16(2)17-10-12-18(13-11-17)23-26-24(32-27-23)19-7-6-14-28(15-19)25(29)20-8-5-9-21(30-3)22(20)31-4/h5,8-13,16,19H,6-7,14-15H2,1-4H3/t19-/m1/s1. The van der Waals surface area contributed by atoms with Gasteiger partial charge in [0.2, 0.25) is 11.7 Å². The SMILES string of the molecule is COc1cccc(C(=O)N2CCC[C@@H](c3nc(-c4ccc(C(C)C)cc4)no3)C2)c1OC. The van der Waals surface area contributed by atoms with Crippen LogP contribution in [0.1, 0.15) is 60.3 Å². The Morgan fingerprint density at radius 1 is 1.12 bits per heavy atom. The predicted octanol–water partition coefficient (Wildman–Crippen LogP) is 4.90. The Bertz CT molecular complexity index is 1080. The smallest absolute Gasteiger partial charge is 0.257 e. The molecule has 7 nitrogen and oxygen atoms in total. The molecule has 0 radical (unpaired) electrons. The number of ether oxygens (including phenoxy) is 2. The fourth-order valence-electron chi connectivity index (χ4n) is 4.12. The Morgan fingerprint density at radius 3 is 2.59 bits per heavy atom. The topological polar surface area (TPSA) is 77.7 Å². The molecular formula is C25H29N3O4. The molecule has 1 saturated heterocycles. The average Bonchev–Trinajstić information content (AvgIpc) is 3.33. The maximum Gasteiger partial charge on any atom is 0.257 e. The van der Waals surface area contributed by atoms with E-state index in [4.69, 9.17) is 14.0 Å². The number of benzene rings is 2. The fourth-order valence-corrected chi connectivity index (χ4v) is 4.12. The molecule has 2 heterocycles. The molecule has 168 valence electrons. The molecule has 0 saturated carbocycles. The lowest BCUT2D eigenvalue weighted by Gasteiger charge is -2.31. The number of nitrogens with zero attached hydrogens (tertiary/aromatic N) is 3. The third-order valence-electron chi connectivity index (χ3n) is 5.97. The summed E-state index contributed by atoms with van der Waals surface area (Å²) in [5.41, 5.74) is 2.69. The summed E-state index contributed by atoms with van der Waals surface area (Å²) in [7, 11) is 3.11. The van der Waals surface area contributed by atoms with E-state index < -0.39 is 0 Å². The van der Waals surface area contributed by atoms with Gasteiger partial charge in [-0.3, -0.25) is 4.79 Å². The van der Waals surface area contributed by atoms with E-state index in [0.717, 1.165) is 18.4 Å². The van der Waals surface area contributed by atoms with Crippen LogP contribution in [0.4, 0.5) is 0 Å². The summed E-state index contributed by atoms with van der Waals surface area (Å²) in [6.45, 7) is 5.53. The fraction of sp³-hybridized carbons (Fsp3) is 0.400. The van der Waals surface area contributed by atoms with Gasteiger partial charge in [0.1, 0.15) is 0 Å². The van der Waals surface area contributed by atoms with Crippen LogP contribution in [0.2, 0.25) is 0 Å². The number of piperidine rings is 1. The molecule has 3 aromatic rings. The first-order valence-corrected chi connectivity index (χ1v) is 11.0. The molecule has 1 amide bonds. The lowest BCUT2D eigenvalue weighted by Crippen LogP contribution is -2.39. The van der Waals surface area contributed by atoms with Gasteiger partial charge in [-0.1, -0.05) is 49.3 Å². The minimum absolute atomic E-state index is 0.000454. The van der Waals surface area contributed by atoms with E-state index >= 15 is 0 Å². The van der Waals surface area contributed by atoms with Crippen molar-refractivity contribution in [3.05, 3.63) is 59.5 Å². The first kappa shape index (κ1) is 21.9. The van der Waals surface area contributed by atoms with E-state index in [9.17, 15) is 4.79 Å². The van der Waals surface area contributed by atoms with Crippen molar-refractivity contribution in [3.63, 3.8) is 0 Å². The molecule has 0 spiro atoms. The summed E-state index contributed by atoms with van der Waals surface area (Å²) >= 11 is 0.